The van der Waals surface area contributed by atoms with E-state index in [0.717, 1.165) is 14.5 Å². The second-order valence-electron chi connectivity index (χ2n) is 4.02. The van der Waals surface area contributed by atoms with E-state index >= 15 is 0 Å². The molecule has 0 saturated heterocycles. The molecule has 3 nitrogen and oxygen atoms in total. The SMILES string of the molecule is CCCS(=O)(=O)CCOc1c(Br)cc(CCl)cc1Br. The van der Waals surface area contributed by atoms with Gasteiger partial charge in [0.05, 0.1) is 20.5 Å². The van der Waals surface area contributed by atoms with Gasteiger partial charge in [0.15, 0.2) is 9.84 Å². The van der Waals surface area contributed by atoms with Crippen molar-refractivity contribution in [3.05, 3.63) is 26.6 Å². The Morgan fingerprint density at radius 1 is 1.21 bits per heavy atom. The van der Waals surface area contributed by atoms with Gasteiger partial charge in [0.2, 0.25) is 0 Å². The second kappa shape index (κ2) is 7.86. The molecule has 1 rings (SSSR count). The summed E-state index contributed by atoms with van der Waals surface area (Å²) in [4.78, 5) is 0. The highest BCUT2D eigenvalue weighted by Crippen LogP contribution is 2.35. The minimum absolute atomic E-state index is 0.0248. The number of ether oxygens (including phenoxy) is 1. The van der Waals surface area contributed by atoms with Gasteiger partial charge in [0.1, 0.15) is 12.4 Å². The summed E-state index contributed by atoms with van der Waals surface area (Å²) in [5.74, 6) is 1.23. The van der Waals surface area contributed by atoms with Crippen molar-refractivity contribution in [2.75, 3.05) is 18.1 Å². The van der Waals surface area contributed by atoms with Gasteiger partial charge in [0, 0.05) is 5.88 Å². The van der Waals surface area contributed by atoms with Crippen LogP contribution in [0.2, 0.25) is 0 Å². The maximum absolute atomic E-state index is 11.6. The lowest BCUT2D eigenvalue weighted by Gasteiger charge is -2.11. The monoisotopic (exact) mass is 432 g/mol. The molecular weight excluding hydrogens is 419 g/mol. The van der Waals surface area contributed by atoms with E-state index in [4.69, 9.17) is 16.3 Å². The van der Waals surface area contributed by atoms with Crippen LogP contribution in [-0.2, 0) is 15.7 Å². The summed E-state index contributed by atoms with van der Waals surface area (Å²) in [5.41, 5.74) is 0.950. The molecule has 1 aromatic carbocycles. The molecule has 19 heavy (non-hydrogen) atoms. The summed E-state index contributed by atoms with van der Waals surface area (Å²) in [5, 5.41) is 0. The molecule has 0 aliphatic carbocycles. The Balaban J connectivity index is 2.69. The van der Waals surface area contributed by atoms with Crippen molar-refractivity contribution < 1.29 is 13.2 Å². The standard InChI is InChI=1S/C12H15Br2ClO3S/c1-2-4-19(16,17)5-3-18-12-10(13)6-9(8-15)7-11(12)14/h6-7H,2-5,8H2,1H3. The van der Waals surface area contributed by atoms with Crippen LogP contribution in [0.3, 0.4) is 0 Å². The van der Waals surface area contributed by atoms with Crippen LogP contribution < -0.4 is 4.74 Å². The van der Waals surface area contributed by atoms with Gasteiger partial charge in [-0.05, 0) is 56.0 Å². The van der Waals surface area contributed by atoms with Gasteiger partial charge in [-0.25, -0.2) is 8.42 Å². The number of halogens is 3. The minimum Gasteiger partial charge on any atom is -0.490 e. The van der Waals surface area contributed by atoms with Gasteiger partial charge in [-0.2, -0.15) is 0 Å². The average Bonchev–Trinajstić information content (AvgIpc) is 2.32. The highest BCUT2D eigenvalue weighted by Gasteiger charge is 2.12. The van der Waals surface area contributed by atoms with Crippen LogP contribution in [0.4, 0.5) is 0 Å². The van der Waals surface area contributed by atoms with Crippen molar-refractivity contribution >= 4 is 53.3 Å². The molecule has 0 amide bonds. The Kier molecular flexibility index (Phi) is 7.14. The van der Waals surface area contributed by atoms with Crippen molar-refractivity contribution in [1.29, 1.82) is 0 Å². The molecule has 1 aromatic rings. The molecule has 0 saturated carbocycles. The number of benzene rings is 1. The third-order valence-electron chi connectivity index (χ3n) is 2.37. The highest BCUT2D eigenvalue weighted by atomic mass is 79.9. The van der Waals surface area contributed by atoms with Crippen LogP contribution in [0.15, 0.2) is 21.1 Å². The first kappa shape index (κ1) is 17.3. The molecule has 0 bridgehead atoms. The van der Waals surface area contributed by atoms with Crippen molar-refractivity contribution in [1.82, 2.24) is 0 Å². The van der Waals surface area contributed by atoms with E-state index < -0.39 is 9.84 Å². The quantitative estimate of drug-likeness (QED) is 0.606. The molecule has 0 radical (unpaired) electrons. The highest BCUT2D eigenvalue weighted by molar-refractivity contribution is 9.11. The lowest BCUT2D eigenvalue weighted by molar-refractivity contribution is 0.336. The smallest absolute Gasteiger partial charge is 0.153 e. The zero-order chi connectivity index (χ0) is 14.5. The zero-order valence-corrected chi connectivity index (χ0v) is 15.2. The number of hydrogen-bond donors (Lipinski definition) is 0. The molecule has 0 fully saturated rings. The summed E-state index contributed by atoms with van der Waals surface area (Å²) in [6.45, 7) is 1.98. The number of alkyl halides is 1. The van der Waals surface area contributed by atoms with Crippen molar-refractivity contribution in [3.63, 3.8) is 0 Å². The Morgan fingerprint density at radius 3 is 2.26 bits per heavy atom. The normalized spacial score (nSPS) is 11.6. The van der Waals surface area contributed by atoms with Gasteiger partial charge >= 0.3 is 0 Å². The van der Waals surface area contributed by atoms with Crippen LogP contribution >= 0.6 is 43.5 Å². The van der Waals surface area contributed by atoms with E-state index in [-0.39, 0.29) is 18.1 Å². The number of sulfone groups is 1. The van der Waals surface area contributed by atoms with Gasteiger partial charge < -0.3 is 4.74 Å². The fourth-order valence-corrected chi connectivity index (χ4v) is 4.34. The summed E-state index contributed by atoms with van der Waals surface area (Å²) in [6, 6.07) is 3.71. The summed E-state index contributed by atoms with van der Waals surface area (Å²) in [6.07, 6.45) is 0.625. The van der Waals surface area contributed by atoms with Crippen molar-refractivity contribution in [3.8, 4) is 5.75 Å². The van der Waals surface area contributed by atoms with Gasteiger partial charge in [-0.1, -0.05) is 6.92 Å². The third-order valence-corrected chi connectivity index (χ3v) is 5.67. The molecule has 0 spiro atoms. The van der Waals surface area contributed by atoms with E-state index in [1.54, 1.807) is 0 Å². The van der Waals surface area contributed by atoms with Crippen LogP contribution in [0.1, 0.15) is 18.9 Å². The Labute approximate surface area is 135 Å². The fourth-order valence-electron chi connectivity index (χ4n) is 1.51. The minimum atomic E-state index is -3.02. The van der Waals surface area contributed by atoms with Crippen molar-refractivity contribution in [2.45, 2.75) is 19.2 Å². The van der Waals surface area contributed by atoms with E-state index in [0.29, 0.717) is 18.1 Å². The van der Waals surface area contributed by atoms with Crippen LogP contribution in [0, 0.1) is 0 Å². The first-order valence-corrected chi connectivity index (χ1v) is 9.71. The molecule has 0 aliphatic rings. The Hall–Kier alpha value is 0.220. The van der Waals surface area contributed by atoms with E-state index in [1.165, 1.54) is 0 Å². The topological polar surface area (TPSA) is 43.4 Å². The lowest BCUT2D eigenvalue weighted by atomic mass is 10.2. The molecule has 0 atom stereocenters. The van der Waals surface area contributed by atoms with E-state index in [1.807, 2.05) is 19.1 Å². The average molecular weight is 435 g/mol. The van der Waals surface area contributed by atoms with Crippen molar-refractivity contribution in [2.24, 2.45) is 0 Å². The molecule has 0 aliphatic heterocycles. The summed E-state index contributed by atoms with van der Waals surface area (Å²) in [7, 11) is -3.02. The van der Waals surface area contributed by atoms with Crippen LogP contribution in [-0.4, -0.2) is 26.5 Å². The van der Waals surface area contributed by atoms with E-state index in [9.17, 15) is 8.42 Å². The predicted octanol–water partition coefficient (Wildman–Crippen LogP) is 4.15. The maximum Gasteiger partial charge on any atom is 0.153 e. The summed E-state index contributed by atoms with van der Waals surface area (Å²) < 4.78 is 30.2. The lowest BCUT2D eigenvalue weighted by Crippen LogP contribution is -2.17. The van der Waals surface area contributed by atoms with Gasteiger partial charge in [0.25, 0.3) is 0 Å². The molecule has 0 aromatic heterocycles. The third kappa shape index (κ3) is 5.61. The van der Waals surface area contributed by atoms with Gasteiger partial charge in [-0.15, -0.1) is 11.6 Å². The zero-order valence-electron chi connectivity index (χ0n) is 10.5. The second-order valence-corrected chi connectivity index (χ2v) is 8.30. The molecular formula is C12H15Br2ClO3S. The molecule has 0 N–H and O–H groups in total. The van der Waals surface area contributed by atoms with Crippen LogP contribution in [0.5, 0.6) is 5.75 Å². The van der Waals surface area contributed by atoms with Gasteiger partial charge in [-0.3, -0.25) is 0 Å². The molecule has 0 heterocycles. The first-order chi connectivity index (χ1) is 8.89. The Morgan fingerprint density at radius 2 is 1.79 bits per heavy atom. The molecule has 7 heteroatoms. The maximum atomic E-state index is 11.6. The number of rotatable bonds is 7. The Bertz CT molecular complexity index is 509. The fraction of sp³-hybridized carbons (Fsp3) is 0.500. The molecule has 108 valence electrons. The summed E-state index contributed by atoms with van der Waals surface area (Å²) >= 11 is 12.5. The number of hydrogen-bond acceptors (Lipinski definition) is 3. The molecule has 0 unspecified atom stereocenters. The van der Waals surface area contributed by atoms with E-state index in [2.05, 4.69) is 31.9 Å². The van der Waals surface area contributed by atoms with Crippen LogP contribution in [0.25, 0.3) is 0 Å². The predicted molar refractivity (Wildman–Crippen MR) is 85.8 cm³/mol. The largest absolute Gasteiger partial charge is 0.490 e. The first-order valence-electron chi connectivity index (χ1n) is 5.76.